The first kappa shape index (κ1) is 15.4. The first-order valence-electron chi connectivity index (χ1n) is 5.70. The van der Waals surface area contributed by atoms with E-state index < -0.39 is 0 Å². The molecule has 3 nitrogen and oxygen atoms in total. The van der Waals surface area contributed by atoms with Crippen molar-refractivity contribution >= 4 is 11.8 Å². The Balaban J connectivity index is 4.34. The third-order valence-electron chi connectivity index (χ3n) is 2.24. The number of ether oxygens (including phenoxy) is 1. The summed E-state index contributed by atoms with van der Waals surface area (Å²) in [4.78, 5) is 2.29. The highest BCUT2D eigenvalue weighted by Crippen LogP contribution is 2.22. The molecule has 0 aromatic rings. The fourth-order valence-corrected chi connectivity index (χ4v) is 2.11. The van der Waals surface area contributed by atoms with Crippen LogP contribution in [0.3, 0.4) is 0 Å². The molecular weight excluding hydrogens is 220 g/mol. The number of rotatable bonds is 8. The summed E-state index contributed by atoms with van der Waals surface area (Å²) in [6.07, 6.45) is 3.01. The Bertz CT molecular complexity index is 239. The maximum atomic E-state index is 5.79. The molecule has 0 unspecified atom stereocenters. The molecule has 0 spiro atoms. The molecule has 16 heavy (non-hydrogen) atoms. The summed E-state index contributed by atoms with van der Waals surface area (Å²) in [7, 11) is 1.73. The van der Waals surface area contributed by atoms with E-state index in [1.54, 1.807) is 18.9 Å². The van der Waals surface area contributed by atoms with Crippen LogP contribution < -0.4 is 5.73 Å². The largest absolute Gasteiger partial charge is 0.402 e. The van der Waals surface area contributed by atoms with E-state index in [9.17, 15) is 0 Å². The van der Waals surface area contributed by atoms with E-state index in [2.05, 4.69) is 24.8 Å². The summed E-state index contributed by atoms with van der Waals surface area (Å²) < 4.78 is 5.10. The molecule has 0 heterocycles. The van der Waals surface area contributed by atoms with Gasteiger partial charge in [0.05, 0.1) is 11.6 Å². The van der Waals surface area contributed by atoms with E-state index in [0.717, 1.165) is 31.8 Å². The normalized spacial score (nSPS) is 13.0. The molecule has 0 aliphatic heterocycles. The van der Waals surface area contributed by atoms with Gasteiger partial charge in [-0.3, -0.25) is 0 Å². The van der Waals surface area contributed by atoms with Crippen molar-refractivity contribution in [3.63, 3.8) is 0 Å². The number of methoxy groups -OCH3 is 1. The van der Waals surface area contributed by atoms with Gasteiger partial charge in [0, 0.05) is 25.9 Å². The van der Waals surface area contributed by atoms with Crippen molar-refractivity contribution in [2.24, 2.45) is 5.73 Å². The molecular formula is C12H24N2OS. The lowest BCUT2D eigenvalue weighted by atomic mass is 10.4. The van der Waals surface area contributed by atoms with Gasteiger partial charge in [0.15, 0.2) is 0 Å². The van der Waals surface area contributed by atoms with Gasteiger partial charge in [0.2, 0.25) is 0 Å². The lowest BCUT2D eigenvalue weighted by Crippen LogP contribution is -2.25. The minimum absolute atomic E-state index is 0.749. The van der Waals surface area contributed by atoms with Crippen molar-refractivity contribution in [3.8, 4) is 0 Å². The lowest BCUT2D eigenvalue weighted by molar-refractivity contribution is 0.170. The first-order valence-corrected chi connectivity index (χ1v) is 6.58. The molecule has 0 bridgehead atoms. The first-order chi connectivity index (χ1) is 7.69. The predicted molar refractivity (Wildman–Crippen MR) is 73.0 cm³/mol. The summed E-state index contributed by atoms with van der Waals surface area (Å²) >= 11 is 1.68. The molecule has 0 aromatic carbocycles. The number of thioether (sulfide) groups is 1. The zero-order valence-corrected chi connectivity index (χ0v) is 11.6. The number of nitrogens with two attached hydrogens (primary N) is 1. The third-order valence-corrected chi connectivity index (χ3v) is 3.40. The van der Waals surface area contributed by atoms with Gasteiger partial charge in [-0.05, 0) is 25.7 Å². The van der Waals surface area contributed by atoms with Gasteiger partial charge in [-0.15, -0.1) is 0 Å². The van der Waals surface area contributed by atoms with Crippen LogP contribution in [0, 0.1) is 0 Å². The Kier molecular flexibility index (Phi) is 9.24. The van der Waals surface area contributed by atoms with Gasteiger partial charge in [0.25, 0.3) is 0 Å². The van der Waals surface area contributed by atoms with Gasteiger partial charge in [0.1, 0.15) is 0 Å². The number of likely N-dealkylation sites (N-methyl/N-ethyl adjacent to an activating group) is 1. The van der Waals surface area contributed by atoms with Gasteiger partial charge >= 0.3 is 0 Å². The van der Waals surface area contributed by atoms with E-state index in [1.807, 2.05) is 12.3 Å². The van der Waals surface area contributed by atoms with Gasteiger partial charge < -0.3 is 15.4 Å². The second-order valence-corrected chi connectivity index (χ2v) is 4.25. The quantitative estimate of drug-likeness (QED) is 0.712. The van der Waals surface area contributed by atoms with Crippen LogP contribution in [-0.2, 0) is 4.74 Å². The Morgan fingerprint density at radius 3 is 2.56 bits per heavy atom. The van der Waals surface area contributed by atoms with E-state index in [1.165, 1.54) is 5.03 Å². The standard InChI is InChI=1S/C12H24N2OS/c1-5-11(13)10-16-12(6-2)14(7-3)8-9-15-4/h6,10H,5,7-9,13H2,1-4H3/b11-10-,12-6-. The van der Waals surface area contributed by atoms with Crippen molar-refractivity contribution in [1.29, 1.82) is 0 Å². The predicted octanol–water partition coefficient (Wildman–Crippen LogP) is 2.76. The lowest BCUT2D eigenvalue weighted by Gasteiger charge is -2.24. The molecule has 0 rings (SSSR count). The molecule has 0 amide bonds. The molecule has 2 N–H and O–H groups in total. The fraction of sp³-hybridized carbons (Fsp3) is 0.667. The number of hydrogen-bond acceptors (Lipinski definition) is 4. The SMILES string of the molecule is C/C=C(\S/C=C(\N)CC)N(CC)CCOC. The van der Waals surface area contributed by atoms with Crippen LogP contribution in [0.25, 0.3) is 0 Å². The van der Waals surface area contributed by atoms with E-state index in [-0.39, 0.29) is 0 Å². The van der Waals surface area contributed by atoms with Crippen LogP contribution in [0.15, 0.2) is 22.2 Å². The Labute approximate surface area is 104 Å². The van der Waals surface area contributed by atoms with Crippen molar-refractivity contribution in [2.45, 2.75) is 27.2 Å². The number of nitrogens with zero attached hydrogens (tertiary/aromatic N) is 1. The van der Waals surface area contributed by atoms with Crippen LogP contribution >= 0.6 is 11.8 Å². The summed E-state index contributed by atoms with van der Waals surface area (Å²) in [5.74, 6) is 0. The van der Waals surface area contributed by atoms with E-state index in [4.69, 9.17) is 10.5 Å². The monoisotopic (exact) mass is 244 g/mol. The zero-order valence-electron chi connectivity index (χ0n) is 10.8. The van der Waals surface area contributed by atoms with Crippen molar-refractivity contribution in [3.05, 3.63) is 22.2 Å². The highest BCUT2D eigenvalue weighted by Gasteiger charge is 2.05. The van der Waals surface area contributed by atoms with Crippen LogP contribution in [0.2, 0.25) is 0 Å². The smallest absolute Gasteiger partial charge is 0.0707 e. The molecule has 94 valence electrons. The molecule has 0 aliphatic rings. The number of allylic oxidation sites excluding steroid dienone is 2. The molecule has 0 atom stereocenters. The highest BCUT2D eigenvalue weighted by atomic mass is 32.2. The van der Waals surface area contributed by atoms with E-state index in [0.29, 0.717) is 0 Å². The van der Waals surface area contributed by atoms with Crippen molar-refractivity contribution < 1.29 is 4.74 Å². The van der Waals surface area contributed by atoms with Crippen LogP contribution in [0.5, 0.6) is 0 Å². The summed E-state index contributed by atoms with van der Waals surface area (Å²) in [6, 6.07) is 0. The molecule has 0 saturated carbocycles. The Morgan fingerprint density at radius 1 is 1.44 bits per heavy atom. The average Bonchev–Trinajstić information content (AvgIpc) is 2.32. The van der Waals surface area contributed by atoms with Gasteiger partial charge in [-0.25, -0.2) is 0 Å². The molecule has 4 heteroatoms. The van der Waals surface area contributed by atoms with Crippen LogP contribution in [0.4, 0.5) is 0 Å². The zero-order chi connectivity index (χ0) is 12.4. The molecule has 0 fully saturated rings. The maximum Gasteiger partial charge on any atom is 0.0707 e. The summed E-state index contributed by atoms with van der Waals surface area (Å²) in [5, 5.41) is 3.25. The fourth-order valence-electron chi connectivity index (χ4n) is 1.17. The topological polar surface area (TPSA) is 38.5 Å². The van der Waals surface area contributed by atoms with Crippen LogP contribution in [-0.4, -0.2) is 31.7 Å². The van der Waals surface area contributed by atoms with Gasteiger partial charge in [-0.1, -0.05) is 24.8 Å². The number of hydrogen-bond donors (Lipinski definition) is 1. The third kappa shape index (κ3) is 6.08. The maximum absolute atomic E-state index is 5.79. The summed E-state index contributed by atoms with van der Waals surface area (Å²) in [5.41, 5.74) is 6.71. The second-order valence-electron chi connectivity index (χ2n) is 3.36. The second kappa shape index (κ2) is 9.60. The van der Waals surface area contributed by atoms with E-state index >= 15 is 0 Å². The Morgan fingerprint density at radius 2 is 2.12 bits per heavy atom. The minimum atomic E-state index is 0.749. The van der Waals surface area contributed by atoms with Crippen molar-refractivity contribution in [1.82, 2.24) is 4.90 Å². The average molecular weight is 244 g/mol. The minimum Gasteiger partial charge on any atom is -0.402 e. The van der Waals surface area contributed by atoms with Crippen molar-refractivity contribution in [2.75, 3.05) is 26.8 Å². The van der Waals surface area contributed by atoms with Gasteiger partial charge in [-0.2, -0.15) is 0 Å². The highest BCUT2D eigenvalue weighted by molar-refractivity contribution is 8.05. The summed E-state index contributed by atoms with van der Waals surface area (Å²) in [6.45, 7) is 8.90. The molecule has 0 aliphatic carbocycles. The van der Waals surface area contributed by atoms with Crippen LogP contribution in [0.1, 0.15) is 27.2 Å². The molecule has 0 radical (unpaired) electrons. The molecule has 0 aromatic heterocycles. The Hall–Kier alpha value is -0.610. The molecule has 0 saturated heterocycles.